The van der Waals surface area contributed by atoms with E-state index in [1.54, 1.807) is 10.6 Å². The van der Waals surface area contributed by atoms with E-state index in [0.29, 0.717) is 21.9 Å². The summed E-state index contributed by atoms with van der Waals surface area (Å²) in [4.78, 5) is 20.8. The second kappa shape index (κ2) is 7.01. The maximum absolute atomic E-state index is 12.8. The van der Waals surface area contributed by atoms with Gasteiger partial charge in [0.1, 0.15) is 11.0 Å². The molecule has 0 aliphatic heterocycles. The van der Waals surface area contributed by atoms with E-state index in [9.17, 15) is 4.79 Å². The van der Waals surface area contributed by atoms with Gasteiger partial charge in [0.2, 0.25) is 5.95 Å². The van der Waals surface area contributed by atoms with Gasteiger partial charge in [0.05, 0.1) is 6.04 Å². The van der Waals surface area contributed by atoms with Crippen LogP contribution in [0.1, 0.15) is 18.7 Å². The van der Waals surface area contributed by atoms with Crippen molar-refractivity contribution in [2.75, 3.05) is 11.1 Å². The minimum Gasteiger partial charge on any atom is -0.368 e. The molecule has 0 spiro atoms. The number of aromatic nitrogens is 3. The average Bonchev–Trinajstić information content (AvgIpc) is 2.59. The van der Waals surface area contributed by atoms with E-state index in [0.717, 1.165) is 5.69 Å². The molecule has 1 unspecified atom stereocenters. The number of nitrogens with zero attached hydrogens (tertiary/aromatic N) is 3. The van der Waals surface area contributed by atoms with Crippen molar-refractivity contribution in [1.82, 2.24) is 14.5 Å². The van der Waals surface area contributed by atoms with Gasteiger partial charge in [-0.3, -0.25) is 9.36 Å². The number of pyridine rings is 1. The molecular formula is C19H18ClN5O. The molecule has 1 atom stereocenters. The summed E-state index contributed by atoms with van der Waals surface area (Å²) in [5.74, 6) is 0.532. The normalized spacial score (nSPS) is 11.9. The SMILES string of the molecule is C=c1cc(C(C)Nc2cc(Cl)nc(N)n2)n(-c2ccccc2)c(=O)c1=C. The number of hydrogen-bond acceptors (Lipinski definition) is 5. The number of halogens is 1. The third-order valence-electron chi connectivity index (χ3n) is 3.96. The van der Waals surface area contributed by atoms with Crippen LogP contribution in [0.15, 0.2) is 47.3 Å². The zero-order chi connectivity index (χ0) is 18.8. The molecule has 3 aromatic rings. The summed E-state index contributed by atoms with van der Waals surface area (Å²) in [6, 6.07) is 12.5. The molecule has 0 aliphatic rings. The maximum Gasteiger partial charge on any atom is 0.262 e. The number of nitrogens with two attached hydrogens (primary N) is 1. The molecule has 0 amide bonds. The van der Waals surface area contributed by atoms with E-state index in [-0.39, 0.29) is 22.7 Å². The van der Waals surface area contributed by atoms with E-state index in [1.165, 1.54) is 0 Å². The molecule has 2 heterocycles. The molecule has 7 heteroatoms. The summed E-state index contributed by atoms with van der Waals surface area (Å²) in [7, 11) is 0. The largest absolute Gasteiger partial charge is 0.368 e. The van der Waals surface area contributed by atoms with Crippen molar-refractivity contribution >= 4 is 36.5 Å². The van der Waals surface area contributed by atoms with Gasteiger partial charge in [0.15, 0.2) is 0 Å². The van der Waals surface area contributed by atoms with Gasteiger partial charge < -0.3 is 11.1 Å². The first kappa shape index (κ1) is 17.7. The van der Waals surface area contributed by atoms with Crippen LogP contribution in [0.5, 0.6) is 0 Å². The van der Waals surface area contributed by atoms with Crippen LogP contribution in [0.4, 0.5) is 11.8 Å². The van der Waals surface area contributed by atoms with Crippen LogP contribution in [-0.2, 0) is 0 Å². The Kier molecular flexibility index (Phi) is 4.77. The summed E-state index contributed by atoms with van der Waals surface area (Å²) < 4.78 is 1.61. The van der Waals surface area contributed by atoms with Gasteiger partial charge in [-0.2, -0.15) is 4.98 Å². The molecule has 26 heavy (non-hydrogen) atoms. The second-order valence-corrected chi connectivity index (χ2v) is 6.24. The number of nitrogens with one attached hydrogen (secondary N) is 1. The monoisotopic (exact) mass is 367 g/mol. The van der Waals surface area contributed by atoms with Crippen molar-refractivity contribution in [3.8, 4) is 5.69 Å². The fourth-order valence-corrected chi connectivity index (χ4v) is 2.88. The number of anilines is 2. The quantitative estimate of drug-likeness (QED) is 0.687. The summed E-state index contributed by atoms with van der Waals surface area (Å²) in [5, 5.41) is 4.37. The number of para-hydroxylation sites is 1. The number of hydrogen-bond donors (Lipinski definition) is 2. The lowest BCUT2D eigenvalue weighted by Gasteiger charge is -2.20. The van der Waals surface area contributed by atoms with Gasteiger partial charge in [-0.05, 0) is 30.3 Å². The highest BCUT2D eigenvalue weighted by Gasteiger charge is 2.15. The minimum atomic E-state index is -0.283. The average molecular weight is 368 g/mol. The van der Waals surface area contributed by atoms with Crippen LogP contribution < -0.4 is 27.0 Å². The Labute approximate surface area is 155 Å². The molecule has 0 bridgehead atoms. The Hall–Kier alpha value is -3.12. The lowest BCUT2D eigenvalue weighted by molar-refractivity contribution is 0.761. The summed E-state index contributed by atoms with van der Waals surface area (Å²) in [5.41, 5.74) is 6.88. The van der Waals surface area contributed by atoms with Crippen molar-refractivity contribution in [3.05, 3.63) is 74.1 Å². The lowest BCUT2D eigenvalue weighted by Crippen LogP contribution is -2.44. The van der Waals surface area contributed by atoms with E-state index in [4.69, 9.17) is 17.3 Å². The molecule has 6 nitrogen and oxygen atoms in total. The zero-order valence-electron chi connectivity index (χ0n) is 14.2. The molecule has 132 valence electrons. The van der Waals surface area contributed by atoms with Crippen LogP contribution >= 0.6 is 11.6 Å². The number of rotatable bonds is 4. The predicted molar refractivity (Wildman–Crippen MR) is 106 cm³/mol. The van der Waals surface area contributed by atoms with E-state index in [1.807, 2.05) is 43.3 Å². The first-order chi connectivity index (χ1) is 12.4. The number of nitrogen functional groups attached to an aromatic ring is 1. The fourth-order valence-electron chi connectivity index (χ4n) is 2.69. The zero-order valence-corrected chi connectivity index (χ0v) is 15.0. The molecule has 3 rings (SSSR count). The van der Waals surface area contributed by atoms with E-state index >= 15 is 0 Å². The van der Waals surface area contributed by atoms with Gasteiger partial charge in [-0.15, -0.1) is 0 Å². The Balaban J connectivity index is 2.13. The molecule has 0 radical (unpaired) electrons. The number of benzene rings is 1. The van der Waals surface area contributed by atoms with Gasteiger partial charge in [0.25, 0.3) is 5.56 Å². The second-order valence-electron chi connectivity index (χ2n) is 5.85. The molecule has 3 N–H and O–H groups in total. The highest BCUT2D eigenvalue weighted by Crippen LogP contribution is 2.20. The van der Waals surface area contributed by atoms with Crippen LogP contribution in [0.25, 0.3) is 18.8 Å². The fraction of sp³-hybridized carbons (Fsp3) is 0.105. The highest BCUT2D eigenvalue weighted by molar-refractivity contribution is 6.29. The van der Waals surface area contributed by atoms with Crippen LogP contribution in [0.2, 0.25) is 5.15 Å². The molecular weight excluding hydrogens is 350 g/mol. The van der Waals surface area contributed by atoms with E-state index < -0.39 is 0 Å². The van der Waals surface area contributed by atoms with Crippen LogP contribution in [0, 0.1) is 0 Å². The predicted octanol–water partition coefficient (Wildman–Crippen LogP) is 1.86. The summed E-state index contributed by atoms with van der Waals surface area (Å²) in [6.45, 7) is 9.67. The molecule has 0 fully saturated rings. The summed E-state index contributed by atoms with van der Waals surface area (Å²) >= 11 is 5.93. The third-order valence-corrected chi connectivity index (χ3v) is 4.16. The Morgan fingerprint density at radius 2 is 1.88 bits per heavy atom. The first-order valence-corrected chi connectivity index (χ1v) is 8.30. The van der Waals surface area contributed by atoms with Crippen molar-refractivity contribution < 1.29 is 0 Å². The first-order valence-electron chi connectivity index (χ1n) is 7.92. The highest BCUT2D eigenvalue weighted by atomic mass is 35.5. The molecule has 0 aliphatic carbocycles. The molecule has 0 saturated heterocycles. The lowest BCUT2D eigenvalue weighted by atomic mass is 10.1. The van der Waals surface area contributed by atoms with Crippen molar-refractivity contribution in [1.29, 1.82) is 0 Å². The van der Waals surface area contributed by atoms with E-state index in [2.05, 4.69) is 28.4 Å². The molecule has 1 aromatic carbocycles. The Morgan fingerprint density at radius 1 is 1.19 bits per heavy atom. The minimum absolute atomic E-state index is 0.0682. The topological polar surface area (TPSA) is 85.8 Å². The maximum atomic E-state index is 12.8. The third kappa shape index (κ3) is 3.45. The van der Waals surface area contributed by atoms with Crippen LogP contribution in [0.3, 0.4) is 0 Å². The standard InChI is InChI=1S/C19H18ClN5O/c1-11-9-15(13(3)22-17-10-16(20)23-19(21)24-17)25(18(26)12(11)2)14-7-5-4-6-8-14/h4-10,13H,1-2H2,3H3,(H3,21,22,23,24). The van der Waals surface area contributed by atoms with Crippen molar-refractivity contribution in [2.24, 2.45) is 0 Å². The molecule has 0 saturated carbocycles. The van der Waals surface area contributed by atoms with Gasteiger partial charge in [0, 0.05) is 22.7 Å². The Morgan fingerprint density at radius 3 is 2.54 bits per heavy atom. The van der Waals surface area contributed by atoms with Crippen molar-refractivity contribution in [2.45, 2.75) is 13.0 Å². The van der Waals surface area contributed by atoms with Gasteiger partial charge >= 0.3 is 0 Å². The van der Waals surface area contributed by atoms with Gasteiger partial charge in [-0.25, -0.2) is 4.98 Å². The van der Waals surface area contributed by atoms with Crippen LogP contribution in [-0.4, -0.2) is 14.5 Å². The Bertz CT molecular complexity index is 1090. The molecule has 2 aromatic heterocycles. The summed E-state index contributed by atoms with van der Waals surface area (Å²) in [6.07, 6.45) is 0. The van der Waals surface area contributed by atoms with Crippen molar-refractivity contribution in [3.63, 3.8) is 0 Å². The van der Waals surface area contributed by atoms with Gasteiger partial charge in [-0.1, -0.05) is 43.0 Å². The smallest absolute Gasteiger partial charge is 0.262 e.